The third kappa shape index (κ3) is 4.23. The summed E-state index contributed by atoms with van der Waals surface area (Å²) >= 11 is 5.18. The number of rotatable bonds is 7. The lowest BCUT2D eigenvalue weighted by Crippen LogP contribution is -2.01. The minimum atomic E-state index is 0.806. The SMILES string of the molecule is Cc1ccc(-c2nc(CSc3nncn3CCc3cccs3)cs2)cc1. The minimum Gasteiger partial charge on any atom is -0.308 e. The topological polar surface area (TPSA) is 43.6 Å². The standard InChI is InChI=1S/C19H18N4S3/c1-14-4-6-15(7-5-14)18-21-16(11-25-18)12-26-19-22-20-13-23(19)9-8-17-3-2-10-24-17/h2-7,10-11,13H,8-9,12H2,1H3. The van der Waals surface area contributed by atoms with Crippen molar-refractivity contribution in [3.8, 4) is 10.6 Å². The van der Waals surface area contributed by atoms with E-state index in [9.17, 15) is 0 Å². The van der Waals surface area contributed by atoms with Crippen molar-refractivity contribution in [3.63, 3.8) is 0 Å². The lowest BCUT2D eigenvalue weighted by atomic mass is 10.2. The van der Waals surface area contributed by atoms with Crippen LogP contribution in [-0.2, 0) is 18.7 Å². The van der Waals surface area contributed by atoms with Crippen LogP contribution in [0, 0.1) is 6.92 Å². The molecular formula is C19H18N4S3. The van der Waals surface area contributed by atoms with Crippen LogP contribution in [0.3, 0.4) is 0 Å². The highest BCUT2D eigenvalue weighted by atomic mass is 32.2. The first kappa shape index (κ1) is 17.5. The van der Waals surface area contributed by atoms with Crippen molar-refractivity contribution < 1.29 is 0 Å². The van der Waals surface area contributed by atoms with Crippen LogP contribution in [0.25, 0.3) is 10.6 Å². The summed E-state index contributed by atoms with van der Waals surface area (Å²) in [5.74, 6) is 0.806. The van der Waals surface area contributed by atoms with E-state index in [4.69, 9.17) is 4.98 Å². The third-order valence-electron chi connectivity index (χ3n) is 3.96. The van der Waals surface area contributed by atoms with Gasteiger partial charge in [0.15, 0.2) is 5.16 Å². The lowest BCUT2D eigenvalue weighted by Gasteiger charge is -2.04. The number of aryl methyl sites for hydroxylation is 3. The molecule has 0 radical (unpaired) electrons. The second-order valence-electron chi connectivity index (χ2n) is 5.93. The zero-order valence-electron chi connectivity index (χ0n) is 14.3. The molecule has 0 atom stereocenters. The van der Waals surface area contributed by atoms with E-state index in [2.05, 4.69) is 68.8 Å². The Kier molecular flexibility index (Phi) is 5.48. The summed E-state index contributed by atoms with van der Waals surface area (Å²) in [4.78, 5) is 6.15. The quantitative estimate of drug-likeness (QED) is 0.396. The van der Waals surface area contributed by atoms with Gasteiger partial charge in [0.2, 0.25) is 0 Å². The highest BCUT2D eigenvalue weighted by Gasteiger charge is 2.09. The fraction of sp³-hybridized carbons (Fsp3) is 0.211. The largest absolute Gasteiger partial charge is 0.308 e. The van der Waals surface area contributed by atoms with E-state index in [-0.39, 0.29) is 0 Å². The van der Waals surface area contributed by atoms with E-state index < -0.39 is 0 Å². The molecule has 7 heteroatoms. The predicted octanol–water partition coefficient (Wildman–Crippen LogP) is 5.31. The molecule has 4 nitrogen and oxygen atoms in total. The Balaban J connectivity index is 1.37. The molecule has 0 amide bonds. The molecule has 0 aliphatic rings. The normalized spacial score (nSPS) is 11.1. The summed E-state index contributed by atoms with van der Waals surface area (Å²) in [6.07, 6.45) is 2.83. The van der Waals surface area contributed by atoms with E-state index in [1.165, 1.54) is 16.0 Å². The number of thiophene rings is 1. The Labute approximate surface area is 165 Å². The van der Waals surface area contributed by atoms with E-state index >= 15 is 0 Å². The molecule has 0 N–H and O–H groups in total. The zero-order chi connectivity index (χ0) is 17.8. The monoisotopic (exact) mass is 398 g/mol. The van der Waals surface area contributed by atoms with Crippen molar-refractivity contribution in [2.24, 2.45) is 0 Å². The summed E-state index contributed by atoms with van der Waals surface area (Å²) in [7, 11) is 0. The Morgan fingerprint density at radius 1 is 1.12 bits per heavy atom. The molecule has 132 valence electrons. The van der Waals surface area contributed by atoms with E-state index in [0.29, 0.717) is 0 Å². The molecule has 1 aromatic carbocycles. The van der Waals surface area contributed by atoms with Crippen LogP contribution >= 0.6 is 34.4 Å². The van der Waals surface area contributed by atoms with Gasteiger partial charge in [-0.25, -0.2) is 4.98 Å². The fourth-order valence-corrected chi connectivity index (χ4v) is 5.00. The number of nitrogens with zero attached hydrogens (tertiary/aromatic N) is 4. The van der Waals surface area contributed by atoms with Gasteiger partial charge in [-0.1, -0.05) is 47.7 Å². The molecule has 4 rings (SSSR count). The summed E-state index contributed by atoms with van der Waals surface area (Å²) < 4.78 is 2.12. The van der Waals surface area contributed by atoms with Gasteiger partial charge >= 0.3 is 0 Å². The van der Waals surface area contributed by atoms with E-state index in [0.717, 1.165) is 34.6 Å². The number of benzene rings is 1. The minimum absolute atomic E-state index is 0.806. The van der Waals surface area contributed by atoms with Crippen LogP contribution < -0.4 is 0 Å². The molecule has 0 unspecified atom stereocenters. The van der Waals surface area contributed by atoms with Crippen LogP contribution in [0.5, 0.6) is 0 Å². The predicted molar refractivity (Wildman–Crippen MR) is 110 cm³/mol. The number of thiazole rings is 1. The van der Waals surface area contributed by atoms with Crippen LogP contribution in [0.2, 0.25) is 0 Å². The Morgan fingerprint density at radius 2 is 2.00 bits per heavy atom. The molecule has 0 saturated heterocycles. The maximum atomic E-state index is 4.77. The van der Waals surface area contributed by atoms with Crippen LogP contribution in [-0.4, -0.2) is 19.7 Å². The highest BCUT2D eigenvalue weighted by Crippen LogP contribution is 2.27. The molecule has 3 aromatic heterocycles. The van der Waals surface area contributed by atoms with Gasteiger partial charge in [0.05, 0.1) is 5.69 Å². The van der Waals surface area contributed by atoms with Gasteiger partial charge < -0.3 is 4.57 Å². The Morgan fingerprint density at radius 3 is 2.81 bits per heavy atom. The van der Waals surface area contributed by atoms with Crippen molar-refractivity contribution in [3.05, 3.63) is 69.6 Å². The maximum Gasteiger partial charge on any atom is 0.191 e. The number of thioether (sulfide) groups is 1. The molecule has 0 saturated carbocycles. The molecule has 0 aliphatic carbocycles. The second-order valence-corrected chi connectivity index (χ2v) is 8.77. The highest BCUT2D eigenvalue weighted by molar-refractivity contribution is 7.98. The van der Waals surface area contributed by atoms with Gasteiger partial charge in [-0.3, -0.25) is 0 Å². The van der Waals surface area contributed by atoms with Gasteiger partial charge in [-0.2, -0.15) is 0 Å². The van der Waals surface area contributed by atoms with Gasteiger partial charge in [0.1, 0.15) is 11.3 Å². The van der Waals surface area contributed by atoms with E-state index in [1.54, 1.807) is 34.4 Å². The Bertz CT molecular complexity index is 955. The summed E-state index contributed by atoms with van der Waals surface area (Å²) in [6, 6.07) is 12.8. The molecule has 0 bridgehead atoms. The molecule has 0 fully saturated rings. The summed E-state index contributed by atoms with van der Waals surface area (Å²) in [6.45, 7) is 3.00. The number of hydrogen-bond donors (Lipinski definition) is 0. The van der Waals surface area contributed by atoms with Crippen molar-refractivity contribution in [1.29, 1.82) is 0 Å². The molecular weight excluding hydrogens is 380 g/mol. The molecule has 3 heterocycles. The average Bonchev–Trinajstić information content (AvgIpc) is 3.40. The van der Waals surface area contributed by atoms with Crippen LogP contribution in [0.4, 0.5) is 0 Å². The fourth-order valence-electron chi connectivity index (χ4n) is 2.54. The van der Waals surface area contributed by atoms with Crippen molar-refractivity contribution in [2.45, 2.75) is 30.8 Å². The van der Waals surface area contributed by atoms with Gasteiger partial charge in [0.25, 0.3) is 0 Å². The molecule has 26 heavy (non-hydrogen) atoms. The smallest absolute Gasteiger partial charge is 0.191 e. The number of aromatic nitrogens is 4. The van der Waals surface area contributed by atoms with Crippen LogP contribution in [0.15, 0.2) is 58.6 Å². The molecule has 0 spiro atoms. The van der Waals surface area contributed by atoms with Crippen LogP contribution in [0.1, 0.15) is 16.1 Å². The first-order chi connectivity index (χ1) is 12.8. The average molecular weight is 399 g/mol. The second kappa shape index (κ2) is 8.16. The number of hydrogen-bond acceptors (Lipinski definition) is 6. The first-order valence-corrected chi connectivity index (χ1v) is 11.1. The van der Waals surface area contributed by atoms with Gasteiger partial charge in [0, 0.05) is 28.1 Å². The summed E-state index contributed by atoms with van der Waals surface area (Å²) in [5.41, 5.74) is 3.53. The third-order valence-corrected chi connectivity index (χ3v) is 6.85. The van der Waals surface area contributed by atoms with Crippen molar-refractivity contribution >= 4 is 34.4 Å². The van der Waals surface area contributed by atoms with Crippen molar-refractivity contribution in [2.75, 3.05) is 0 Å². The lowest BCUT2D eigenvalue weighted by molar-refractivity contribution is 0.637. The van der Waals surface area contributed by atoms with E-state index in [1.807, 2.05) is 6.33 Å². The molecule has 4 aromatic rings. The van der Waals surface area contributed by atoms with Crippen molar-refractivity contribution in [1.82, 2.24) is 19.7 Å². The van der Waals surface area contributed by atoms with Gasteiger partial charge in [-0.05, 0) is 24.8 Å². The van der Waals surface area contributed by atoms with Gasteiger partial charge in [-0.15, -0.1) is 32.9 Å². The Hall–Kier alpha value is -1.96. The first-order valence-electron chi connectivity index (χ1n) is 8.32. The summed E-state index contributed by atoms with van der Waals surface area (Å²) in [5, 5.41) is 14.6. The molecule has 0 aliphatic heterocycles. The maximum absolute atomic E-state index is 4.77. The zero-order valence-corrected chi connectivity index (χ0v) is 16.8.